The van der Waals surface area contributed by atoms with Crippen molar-refractivity contribution in [2.45, 2.75) is 57.2 Å². The second-order valence-corrected chi connectivity index (χ2v) is 11.2. The number of hydrogen-bond donors (Lipinski definition) is 0. The molecule has 0 saturated carbocycles. The molecule has 0 N–H and O–H groups in total. The first-order valence-electron chi connectivity index (χ1n) is 9.91. The molecule has 0 bridgehead atoms. The summed E-state index contributed by atoms with van der Waals surface area (Å²) in [7, 11) is -0.473. The summed E-state index contributed by atoms with van der Waals surface area (Å²) in [5.74, 6) is -3.95. The monoisotopic (exact) mass is 394 g/mol. The number of aryl methyl sites for hydroxylation is 1. The maximum atomic E-state index is 14.5. The first-order chi connectivity index (χ1) is 13.0. The van der Waals surface area contributed by atoms with Gasteiger partial charge in [0.25, 0.3) is 0 Å². The van der Waals surface area contributed by atoms with Gasteiger partial charge in [-0.1, -0.05) is 56.5 Å². The lowest BCUT2D eigenvalue weighted by Gasteiger charge is -2.27. The van der Waals surface area contributed by atoms with Crippen molar-refractivity contribution in [1.29, 1.82) is 0 Å². The summed E-state index contributed by atoms with van der Waals surface area (Å²) in [5.41, 5.74) is 0.990. The van der Waals surface area contributed by atoms with Crippen LogP contribution in [0.25, 0.3) is 11.1 Å². The Hall–Kier alpha value is -1.62. The molecule has 2 aromatic rings. The van der Waals surface area contributed by atoms with E-state index in [0.29, 0.717) is 0 Å². The summed E-state index contributed by atoms with van der Waals surface area (Å²) in [4.78, 5) is 0. The van der Waals surface area contributed by atoms with Crippen molar-refractivity contribution < 1.29 is 17.6 Å². The molecular formula is C22H26F4Si. The molecule has 0 atom stereocenters. The van der Waals surface area contributed by atoms with Crippen LogP contribution >= 0.6 is 0 Å². The summed E-state index contributed by atoms with van der Waals surface area (Å²) in [6.07, 6.45) is 5.81. The molecule has 5 heteroatoms. The van der Waals surface area contributed by atoms with Crippen molar-refractivity contribution in [1.82, 2.24) is 0 Å². The van der Waals surface area contributed by atoms with E-state index in [1.54, 1.807) is 6.07 Å². The van der Waals surface area contributed by atoms with Crippen molar-refractivity contribution in [2.75, 3.05) is 0 Å². The number of hydrogen-bond acceptors (Lipinski definition) is 0. The van der Waals surface area contributed by atoms with Crippen molar-refractivity contribution >= 4 is 8.80 Å². The molecule has 1 aliphatic rings. The Morgan fingerprint density at radius 3 is 2.19 bits per heavy atom. The van der Waals surface area contributed by atoms with Gasteiger partial charge in [-0.25, -0.2) is 17.6 Å². The van der Waals surface area contributed by atoms with Crippen molar-refractivity contribution in [3.63, 3.8) is 0 Å². The average Bonchev–Trinajstić information content (AvgIpc) is 2.65. The zero-order valence-electron chi connectivity index (χ0n) is 15.7. The lowest BCUT2D eigenvalue weighted by molar-refractivity contribution is 0.437. The van der Waals surface area contributed by atoms with Gasteiger partial charge in [0.1, 0.15) is 5.82 Å². The molecular weight excluding hydrogens is 368 g/mol. The van der Waals surface area contributed by atoms with Crippen LogP contribution in [0.3, 0.4) is 0 Å². The zero-order valence-corrected chi connectivity index (χ0v) is 16.9. The minimum absolute atomic E-state index is 0.00894. The Morgan fingerprint density at radius 2 is 1.59 bits per heavy atom. The lowest BCUT2D eigenvalue weighted by Crippen LogP contribution is -2.21. The minimum Gasteiger partial charge on any atom is -0.206 e. The molecule has 1 heterocycles. The van der Waals surface area contributed by atoms with E-state index in [0.717, 1.165) is 36.5 Å². The topological polar surface area (TPSA) is 0 Å². The molecule has 1 saturated heterocycles. The highest BCUT2D eigenvalue weighted by Crippen LogP contribution is 2.32. The van der Waals surface area contributed by atoms with Gasteiger partial charge in [-0.05, 0) is 48.1 Å². The first kappa shape index (κ1) is 20.1. The fourth-order valence-electron chi connectivity index (χ4n) is 4.25. The molecule has 0 aromatic heterocycles. The summed E-state index contributed by atoms with van der Waals surface area (Å²) < 4.78 is 54.4. The van der Waals surface area contributed by atoms with Crippen LogP contribution in [0.5, 0.6) is 0 Å². The lowest BCUT2D eigenvalue weighted by atomic mass is 9.93. The van der Waals surface area contributed by atoms with E-state index in [1.165, 1.54) is 49.5 Å². The van der Waals surface area contributed by atoms with E-state index in [-0.39, 0.29) is 11.1 Å². The van der Waals surface area contributed by atoms with Crippen molar-refractivity contribution in [3.05, 3.63) is 59.2 Å². The molecule has 0 radical (unpaired) electrons. The largest absolute Gasteiger partial charge is 0.206 e. The summed E-state index contributed by atoms with van der Waals surface area (Å²) >= 11 is 0. The Labute approximate surface area is 160 Å². The summed E-state index contributed by atoms with van der Waals surface area (Å²) in [6, 6.07) is 10.8. The molecule has 0 aliphatic carbocycles. The van der Waals surface area contributed by atoms with Crippen LogP contribution in [0.15, 0.2) is 30.3 Å². The quantitative estimate of drug-likeness (QED) is 0.284. The highest BCUT2D eigenvalue weighted by molar-refractivity contribution is 6.58. The highest BCUT2D eigenvalue weighted by Gasteiger charge is 2.21. The van der Waals surface area contributed by atoms with Crippen molar-refractivity contribution in [3.8, 4) is 11.1 Å². The molecule has 1 fully saturated rings. The maximum absolute atomic E-state index is 14.5. The molecule has 0 spiro atoms. The van der Waals surface area contributed by atoms with Crippen LogP contribution in [-0.2, 0) is 6.42 Å². The zero-order chi connectivity index (χ0) is 19.4. The van der Waals surface area contributed by atoms with Gasteiger partial charge in [-0.15, -0.1) is 0 Å². The third-order valence-electron chi connectivity index (χ3n) is 5.83. The van der Waals surface area contributed by atoms with E-state index in [9.17, 15) is 17.6 Å². The Bertz CT molecular complexity index is 759. The highest BCUT2D eigenvalue weighted by atomic mass is 28.3. The Kier molecular flexibility index (Phi) is 6.74. The van der Waals surface area contributed by atoms with Crippen LogP contribution in [0, 0.1) is 29.2 Å². The van der Waals surface area contributed by atoms with E-state index >= 15 is 0 Å². The molecule has 0 nitrogen and oxygen atoms in total. The number of halogens is 4. The molecule has 3 rings (SSSR count). The van der Waals surface area contributed by atoms with Gasteiger partial charge in [-0.3, -0.25) is 0 Å². The van der Waals surface area contributed by atoms with Gasteiger partial charge in [-0.2, -0.15) is 0 Å². The smallest absolute Gasteiger partial charge is 0.194 e. The normalized spacial score (nSPS) is 20.0. The second-order valence-electron chi connectivity index (χ2n) is 7.78. The number of rotatable bonds is 6. The fourth-order valence-corrected chi connectivity index (χ4v) is 7.82. The molecule has 27 heavy (non-hydrogen) atoms. The molecule has 0 unspecified atom stereocenters. The van der Waals surface area contributed by atoms with E-state index in [4.69, 9.17) is 0 Å². The van der Waals surface area contributed by atoms with Crippen LogP contribution < -0.4 is 0 Å². The SMILES string of the molecule is CCC[SiH]1CCC(CCc2ccc(-c3cc(F)c(F)c(F)c3)c(F)c2)CC1. The second kappa shape index (κ2) is 9.05. The predicted octanol–water partition coefficient (Wildman–Crippen LogP) is 6.89. The average molecular weight is 395 g/mol. The van der Waals surface area contributed by atoms with E-state index in [2.05, 4.69) is 6.92 Å². The van der Waals surface area contributed by atoms with Gasteiger partial charge in [0.15, 0.2) is 17.5 Å². The number of benzene rings is 2. The van der Waals surface area contributed by atoms with Gasteiger partial charge >= 0.3 is 0 Å². The van der Waals surface area contributed by atoms with Crippen molar-refractivity contribution in [2.24, 2.45) is 5.92 Å². The minimum atomic E-state index is -1.53. The fraction of sp³-hybridized carbons (Fsp3) is 0.455. The van der Waals surface area contributed by atoms with Gasteiger partial charge in [0, 0.05) is 14.4 Å². The Morgan fingerprint density at radius 1 is 0.926 bits per heavy atom. The predicted molar refractivity (Wildman–Crippen MR) is 105 cm³/mol. The summed E-state index contributed by atoms with van der Waals surface area (Å²) in [6.45, 7) is 2.27. The van der Waals surface area contributed by atoms with Crippen LogP contribution in [0.4, 0.5) is 17.6 Å². The Balaban J connectivity index is 1.62. The third-order valence-corrected chi connectivity index (χ3v) is 9.53. The van der Waals surface area contributed by atoms with Gasteiger partial charge in [0.05, 0.1) is 0 Å². The molecule has 0 amide bonds. The van der Waals surface area contributed by atoms with E-state index < -0.39 is 32.1 Å². The molecule has 2 aromatic carbocycles. The maximum Gasteiger partial charge on any atom is 0.194 e. The molecule has 146 valence electrons. The first-order valence-corrected chi connectivity index (χ1v) is 12.4. The van der Waals surface area contributed by atoms with Gasteiger partial charge < -0.3 is 0 Å². The van der Waals surface area contributed by atoms with Gasteiger partial charge in [0.2, 0.25) is 0 Å². The standard InChI is InChI=1S/C22H26F4Si/c1-2-9-27-10-7-15(8-11-27)3-4-16-5-6-18(19(23)12-16)17-13-20(24)22(26)21(25)14-17/h5-6,12-15,27H,2-4,7-11H2,1H3. The third kappa shape index (κ3) is 5.01. The summed E-state index contributed by atoms with van der Waals surface area (Å²) in [5, 5.41) is 0. The molecule has 1 aliphatic heterocycles. The van der Waals surface area contributed by atoms with Crippen LogP contribution in [0.1, 0.15) is 38.2 Å². The van der Waals surface area contributed by atoms with Crippen LogP contribution in [0.2, 0.25) is 18.1 Å². The van der Waals surface area contributed by atoms with E-state index in [1.807, 2.05) is 0 Å². The van der Waals surface area contributed by atoms with Crippen LogP contribution in [-0.4, -0.2) is 8.80 Å².